The molecule has 1 aromatic heterocycles. The van der Waals surface area contributed by atoms with Crippen LogP contribution in [0.15, 0.2) is 0 Å². The first-order chi connectivity index (χ1) is 10.2. The molecule has 1 aliphatic heterocycles. The number of nitrogens with two attached hydrogens (primary N) is 1. The first-order valence-electron chi connectivity index (χ1n) is 6.61. The third kappa shape index (κ3) is 3.60. The van der Waals surface area contributed by atoms with Crippen LogP contribution < -0.4 is 20.9 Å². The molecule has 0 aromatic carbocycles. The zero-order valence-electron chi connectivity index (χ0n) is 12.1. The van der Waals surface area contributed by atoms with Crippen molar-refractivity contribution in [3.05, 3.63) is 0 Å². The summed E-state index contributed by atoms with van der Waals surface area (Å²) in [5, 5.41) is 0. The Balaban J connectivity index is 2.03. The van der Waals surface area contributed by atoms with Crippen LogP contribution in [-0.4, -0.2) is 65.8 Å². The highest BCUT2D eigenvalue weighted by atomic mass is 16.6. The zero-order chi connectivity index (χ0) is 15.2. The van der Waals surface area contributed by atoms with Gasteiger partial charge in [-0.2, -0.15) is 15.0 Å². The number of amides is 1. The predicted molar refractivity (Wildman–Crippen MR) is 75.0 cm³/mol. The van der Waals surface area contributed by atoms with Crippen LogP contribution in [0.2, 0.25) is 0 Å². The summed E-state index contributed by atoms with van der Waals surface area (Å²) in [6, 6.07) is 0.181. The van der Waals surface area contributed by atoms with E-state index >= 15 is 0 Å². The van der Waals surface area contributed by atoms with Crippen LogP contribution in [0.4, 0.5) is 16.7 Å². The van der Waals surface area contributed by atoms with E-state index in [9.17, 15) is 4.79 Å². The molecule has 0 saturated carbocycles. The summed E-state index contributed by atoms with van der Waals surface area (Å²) < 4.78 is 9.99. The van der Waals surface area contributed by atoms with Crippen molar-refractivity contribution >= 4 is 18.0 Å². The van der Waals surface area contributed by atoms with E-state index in [0.29, 0.717) is 38.7 Å². The van der Waals surface area contributed by atoms with Gasteiger partial charge in [-0.3, -0.25) is 5.43 Å². The SMILES string of the molecule is CCOC(=O)N1CCN(c2nc(NN)nc(OC)n2)CC1. The number of rotatable bonds is 4. The van der Waals surface area contributed by atoms with Gasteiger partial charge in [0.25, 0.3) is 0 Å². The number of carbonyl (C=O) groups is 1. The molecule has 10 heteroatoms. The van der Waals surface area contributed by atoms with Crippen LogP contribution in [-0.2, 0) is 4.74 Å². The van der Waals surface area contributed by atoms with Crippen molar-refractivity contribution < 1.29 is 14.3 Å². The maximum Gasteiger partial charge on any atom is 0.409 e. The first kappa shape index (κ1) is 15.0. The van der Waals surface area contributed by atoms with Gasteiger partial charge in [0, 0.05) is 26.2 Å². The third-order valence-electron chi connectivity index (χ3n) is 3.00. The number of nitrogen functional groups attached to an aromatic ring is 1. The molecule has 0 aliphatic carbocycles. The second kappa shape index (κ2) is 6.88. The van der Waals surface area contributed by atoms with Crippen molar-refractivity contribution in [2.45, 2.75) is 6.92 Å². The molecule has 116 valence electrons. The van der Waals surface area contributed by atoms with Gasteiger partial charge in [0.15, 0.2) is 0 Å². The van der Waals surface area contributed by atoms with E-state index in [1.54, 1.807) is 11.8 Å². The minimum absolute atomic E-state index is 0.181. The number of anilines is 2. The lowest BCUT2D eigenvalue weighted by Crippen LogP contribution is -2.49. The highest BCUT2D eigenvalue weighted by molar-refractivity contribution is 5.68. The maximum absolute atomic E-state index is 11.6. The van der Waals surface area contributed by atoms with Gasteiger partial charge in [-0.15, -0.1) is 0 Å². The monoisotopic (exact) mass is 297 g/mol. The molecule has 0 unspecified atom stereocenters. The topological polar surface area (TPSA) is 119 Å². The molecule has 2 heterocycles. The number of hydrogen-bond acceptors (Lipinski definition) is 9. The summed E-state index contributed by atoms with van der Waals surface area (Å²) >= 11 is 0. The van der Waals surface area contributed by atoms with E-state index in [1.165, 1.54) is 7.11 Å². The Kier molecular flexibility index (Phi) is 4.93. The minimum atomic E-state index is -0.297. The van der Waals surface area contributed by atoms with Crippen molar-refractivity contribution in [2.24, 2.45) is 5.84 Å². The highest BCUT2D eigenvalue weighted by Crippen LogP contribution is 2.16. The molecule has 1 aromatic rings. The van der Waals surface area contributed by atoms with Crippen molar-refractivity contribution in [3.63, 3.8) is 0 Å². The summed E-state index contributed by atoms with van der Waals surface area (Å²) in [5.41, 5.74) is 2.37. The molecule has 21 heavy (non-hydrogen) atoms. The predicted octanol–water partition coefficient (Wildman–Crippen LogP) is -0.556. The third-order valence-corrected chi connectivity index (χ3v) is 3.00. The molecule has 3 N–H and O–H groups in total. The maximum atomic E-state index is 11.6. The fourth-order valence-corrected chi connectivity index (χ4v) is 1.95. The van der Waals surface area contributed by atoms with Gasteiger partial charge in [-0.1, -0.05) is 0 Å². The molecule has 10 nitrogen and oxygen atoms in total. The second-order valence-electron chi connectivity index (χ2n) is 4.26. The smallest absolute Gasteiger partial charge is 0.409 e. The summed E-state index contributed by atoms with van der Waals surface area (Å²) in [4.78, 5) is 27.5. The summed E-state index contributed by atoms with van der Waals surface area (Å²) in [5.74, 6) is 6.00. The van der Waals surface area contributed by atoms with E-state index in [4.69, 9.17) is 15.3 Å². The Hall–Kier alpha value is -2.36. The Morgan fingerprint density at radius 3 is 2.57 bits per heavy atom. The lowest BCUT2D eigenvalue weighted by atomic mass is 10.3. The van der Waals surface area contributed by atoms with E-state index in [0.717, 1.165) is 0 Å². The van der Waals surface area contributed by atoms with Crippen LogP contribution in [0.25, 0.3) is 0 Å². The number of methoxy groups -OCH3 is 1. The second-order valence-corrected chi connectivity index (χ2v) is 4.26. The van der Waals surface area contributed by atoms with Crippen molar-refractivity contribution in [3.8, 4) is 6.01 Å². The Labute approximate surface area is 122 Å². The molecule has 0 radical (unpaired) electrons. The van der Waals surface area contributed by atoms with E-state index in [-0.39, 0.29) is 18.1 Å². The molecule has 1 saturated heterocycles. The van der Waals surface area contributed by atoms with Crippen LogP contribution >= 0.6 is 0 Å². The number of hydrazine groups is 1. The van der Waals surface area contributed by atoms with Gasteiger partial charge < -0.3 is 19.3 Å². The standard InChI is InChI=1S/C11H19N7O3/c1-3-21-11(19)18-6-4-17(5-7-18)9-13-8(16-12)14-10(15-9)20-2/h3-7,12H2,1-2H3,(H,13,14,15,16). The largest absolute Gasteiger partial charge is 0.467 e. The van der Waals surface area contributed by atoms with Gasteiger partial charge >= 0.3 is 12.1 Å². The molecular weight excluding hydrogens is 278 g/mol. The fraction of sp³-hybridized carbons (Fsp3) is 0.636. The Morgan fingerprint density at radius 1 is 1.29 bits per heavy atom. The van der Waals surface area contributed by atoms with E-state index in [1.807, 2.05) is 4.90 Å². The number of hydrogen-bond donors (Lipinski definition) is 2. The zero-order valence-corrected chi connectivity index (χ0v) is 12.1. The molecule has 0 bridgehead atoms. The molecule has 1 fully saturated rings. The van der Waals surface area contributed by atoms with Gasteiger partial charge in [0.05, 0.1) is 13.7 Å². The molecule has 0 spiro atoms. The molecular formula is C11H19N7O3. The normalized spacial score (nSPS) is 14.8. The number of piperazine rings is 1. The fourth-order valence-electron chi connectivity index (χ4n) is 1.95. The van der Waals surface area contributed by atoms with E-state index in [2.05, 4.69) is 20.4 Å². The average molecular weight is 297 g/mol. The van der Waals surface area contributed by atoms with Crippen LogP contribution in [0.1, 0.15) is 6.92 Å². The van der Waals surface area contributed by atoms with Gasteiger partial charge in [-0.25, -0.2) is 10.6 Å². The van der Waals surface area contributed by atoms with Crippen molar-refractivity contribution in [1.29, 1.82) is 0 Å². The van der Waals surface area contributed by atoms with Crippen molar-refractivity contribution in [1.82, 2.24) is 19.9 Å². The van der Waals surface area contributed by atoms with Gasteiger partial charge in [-0.05, 0) is 6.92 Å². The number of nitrogens with one attached hydrogen (secondary N) is 1. The molecule has 1 aliphatic rings. The van der Waals surface area contributed by atoms with Crippen LogP contribution in [0.5, 0.6) is 6.01 Å². The number of carbonyl (C=O) groups excluding carboxylic acids is 1. The Bertz CT molecular complexity index is 468. The summed E-state index contributed by atoms with van der Waals surface area (Å²) in [6.07, 6.45) is -0.297. The molecule has 1 amide bonds. The first-order valence-corrected chi connectivity index (χ1v) is 6.61. The van der Waals surface area contributed by atoms with Crippen LogP contribution in [0, 0.1) is 0 Å². The number of nitrogens with zero attached hydrogens (tertiary/aromatic N) is 5. The average Bonchev–Trinajstić information content (AvgIpc) is 2.54. The van der Waals surface area contributed by atoms with Gasteiger partial charge in [0.2, 0.25) is 11.9 Å². The molecule has 0 atom stereocenters. The van der Waals surface area contributed by atoms with E-state index < -0.39 is 0 Å². The molecule has 2 rings (SSSR count). The van der Waals surface area contributed by atoms with Crippen LogP contribution in [0.3, 0.4) is 0 Å². The number of aromatic nitrogens is 3. The quantitative estimate of drug-likeness (QED) is 0.557. The number of ether oxygens (including phenoxy) is 2. The van der Waals surface area contributed by atoms with Crippen molar-refractivity contribution in [2.75, 3.05) is 50.2 Å². The lowest BCUT2D eigenvalue weighted by molar-refractivity contribution is 0.105. The summed E-state index contributed by atoms with van der Waals surface area (Å²) in [6.45, 7) is 4.42. The summed E-state index contributed by atoms with van der Waals surface area (Å²) in [7, 11) is 1.47. The minimum Gasteiger partial charge on any atom is -0.467 e. The van der Waals surface area contributed by atoms with Gasteiger partial charge in [0.1, 0.15) is 0 Å². The highest BCUT2D eigenvalue weighted by Gasteiger charge is 2.24. The lowest BCUT2D eigenvalue weighted by Gasteiger charge is -2.33. The Morgan fingerprint density at radius 2 is 2.00 bits per heavy atom.